The van der Waals surface area contributed by atoms with Gasteiger partial charge in [-0.15, -0.1) is 0 Å². The number of aromatic hydroxyl groups is 1. The number of carbonyl (C=O) groups excluding carboxylic acids is 3. The van der Waals surface area contributed by atoms with Gasteiger partial charge in [-0.3, -0.25) is 19.4 Å². The second-order valence-electron chi connectivity index (χ2n) is 15.9. The topological polar surface area (TPSA) is 170 Å². The summed E-state index contributed by atoms with van der Waals surface area (Å²) in [5, 5.41) is 39.2. The van der Waals surface area contributed by atoms with E-state index in [-0.39, 0.29) is 68.9 Å². The molecule has 1 aliphatic carbocycles. The van der Waals surface area contributed by atoms with E-state index in [0.29, 0.717) is 28.2 Å². The van der Waals surface area contributed by atoms with Gasteiger partial charge in [0.05, 0.1) is 40.8 Å². The molecule has 1 fully saturated rings. The number of nitrogens with zero attached hydrogens (tertiary/aromatic N) is 2. The molecule has 1 aromatic carbocycles. The van der Waals surface area contributed by atoms with E-state index >= 15 is 0 Å². The second kappa shape index (κ2) is 15.6. The van der Waals surface area contributed by atoms with Gasteiger partial charge in [-0.2, -0.15) is 0 Å². The van der Waals surface area contributed by atoms with Gasteiger partial charge >= 0.3 is 0 Å². The molecule has 5 N–H and O–H groups in total. The number of nitrogens with one attached hydrogen (secondary N) is 2. The summed E-state index contributed by atoms with van der Waals surface area (Å²) < 4.78 is 12.6. The van der Waals surface area contributed by atoms with Gasteiger partial charge in [0, 0.05) is 71.9 Å². The van der Waals surface area contributed by atoms with Crippen molar-refractivity contribution in [2.45, 2.75) is 116 Å². The molecule has 1 unspecified atom stereocenters. The third-order valence-corrected chi connectivity index (χ3v) is 11.2. The Hall–Kier alpha value is -3.11. The molecule has 0 radical (unpaired) electrons. The van der Waals surface area contributed by atoms with E-state index in [0.717, 1.165) is 19.6 Å². The van der Waals surface area contributed by atoms with Crippen LogP contribution in [0.1, 0.15) is 107 Å². The van der Waals surface area contributed by atoms with Crippen molar-refractivity contribution in [3.63, 3.8) is 0 Å². The summed E-state index contributed by atoms with van der Waals surface area (Å²) in [6.07, 6.45) is 4.47. The van der Waals surface area contributed by atoms with Crippen molar-refractivity contribution < 1.29 is 39.2 Å². The first kappa shape index (κ1) is 41.1. The fourth-order valence-electron chi connectivity index (χ4n) is 7.71. The van der Waals surface area contributed by atoms with Crippen molar-refractivity contribution >= 4 is 45.8 Å². The Bertz CT molecular complexity index is 1790. The number of aliphatic hydroxyl groups excluding tert-OH is 2. The SMILES string of the molecule is C/C(=C/C=C/[C@H](C)[C@H](O)[C@@H](C)[C@@H](O)C(C)C)C(=O)NC1=C2NC3(CCN(CC(C)I)CC3)N=C2c2c(c(O)c(C)c3c2C(=O)[C@@](C)(OC(C)C)O3)C1=O. The molecule has 4 aliphatic rings. The molecule has 53 heavy (non-hydrogen) atoms. The molecular formula is C40H55IN4O8. The van der Waals surface area contributed by atoms with Crippen LogP contribution in [0.15, 0.2) is 40.2 Å². The van der Waals surface area contributed by atoms with Gasteiger partial charge in [0.2, 0.25) is 11.6 Å². The number of ether oxygens (including phenoxy) is 2. The van der Waals surface area contributed by atoms with Crippen LogP contribution in [0.5, 0.6) is 11.5 Å². The predicted octanol–water partition coefficient (Wildman–Crippen LogP) is 5.10. The molecule has 290 valence electrons. The van der Waals surface area contributed by atoms with E-state index in [4.69, 9.17) is 14.5 Å². The number of alkyl halides is 1. The minimum Gasteiger partial charge on any atom is -0.507 e. The number of amides is 1. The van der Waals surface area contributed by atoms with Gasteiger partial charge in [-0.1, -0.05) is 75.4 Å². The number of likely N-dealkylation sites (tertiary alicyclic amines) is 1. The third-order valence-electron chi connectivity index (χ3n) is 10.8. The molecule has 3 heterocycles. The number of piperidine rings is 1. The highest BCUT2D eigenvalue weighted by molar-refractivity contribution is 14.1. The lowest BCUT2D eigenvalue weighted by molar-refractivity contribution is -0.150. The first-order chi connectivity index (χ1) is 24.7. The van der Waals surface area contributed by atoms with E-state index in [9.17, 15) is 29.7 Å². The number of hydrogen-bond donors (Lipinski definition) is 5. The number of phenolic OH excluding ortho intramolecular Hbond substituents is 1. The first-order valence-corrected chi connectivity index (χ1v) is 19.8. The molecule has 0 aromatic heterocycles. The van der Waals surface area contributed by atoms with Gasteiger partial charge in [0.1, 0.15) is 22.9 Å². The van der Waals surface area contributed by atoms with Crippen molar-refractivity contribution in [1.82, 2.24) is 15.5 Å². The van der Waals surface area contributed by atoms with Crippen LogP contribution in [0.3, 0.4) is 0 Å². The van der Waals surface area contributed by atoms with Crippen LogP contribution in [-0.4, -0.2) is 96.7 Å². The van der Waals surface area contributed by atoms with E-state index in [1.165, 1.54) is 6.92 Å². The van der Waals surface area contributed by atoms with Crippen LogP contribution < -0.4 is 15.4 Å². The number of aliphatic hydroxyl groups is 2. The summed E-state index contributed by atoms with van der Waals surface area (Å²) in [6, 6.07) is 0. The molecule has 1 aromatic rings. The number of rotatable bonds is 12. The maximum Gasteiger partial charge on any atom is 0.272 e. The van der Waals surface area contributed by atoms with Crippen LogP contribution in [0.25, 0.3) is 0 Å². The number of allylic oxidation sites excluding steroid dienone is 4. The molecule has 13 heteroatoms. The number of ketones is 2. The number of halogens is 1. The summed E-state index contributed by atoms with van der Waals surface area (Å²) in [7, 11) is 0. The highest BCUT2D eigenvalue weighted by atomic mass is 127. The Morgan fingerprint density at radius 1 is 1.08 bits per heavy atom. The molecule has 5 rings (SSSR count). The molecule has 1 amide bonds. The lowest BCUT2D eigenvalue weighted by Gasteiger charge is -2.38. The van der Waals surface area contributed by atoms with Gasteiger partial charge in [-0.05, 0) is 33.6 Å². The number of hydrogen-bond acceptors (Lipinski definition) is 11. The fourth-order valence-corrected chi connectivity index (χ4v) is 8.27. The maximum absolute atomic E-state index is 14.5. The normalized spacial score (nSPS) is 24.1. The van der Waals surface area contributed by atoms with Crippen LogP contribution >= 0.6 is 22.6 Å². The Morgan fingerprint density at radius 3 is 2.30 bits per heavy atom. The quantitative estimate of drug-likeness (QED) is 0.0826. The average molecular weight is 847 g/mol. The molecule has 0 bridgehead atoms. The Labute approximate surface area is 326 Å². The Kier molecular flexibility index (Phi) is 12.1. The van der Waals surface area contributed by atoms with Gasteiger partial charge in [-0.25, -0.2) is 0 Å². The zero-order valence-electron chi connectivity index (χ0n) is 32.5. The van der Waals surface area contributed by atoms with Crippen molar-refractivity contribution in [1.29, 1.82) is 0 Å². The molecular weight excluding hydrogens is 791 g/mol. The predicted molar refractivity (Wildman–Crippen MR) is 212 cm³/mol. The average Bonchev–Trinajstić information content (AvgIpc) is 3.58. The number of fused-ring (bicyclic) bond motifs is 5. The van der Waals surface area contributed by atoms with E-state index in [2.05, 4.69) is 45.0 Å². The Morgan fingerprint density at radius 2 is 1.72 bits per heavy atom. The monoisotopic (exact) mass is 846 g/mol. The molecule has 12 nitrogen and oxygen atoms in total. The van der Waals surface area contributed by atoms with Gasteiger partial charge in [0.25, 0.3) is 11.7 Å². The van der Waals surface area contributed by atoms with Crippen molar-refractivity contribution in [2.24, 2.45) is 22.7 Å². The number of carbonyl (C=O) groups is 3. The minimum absolute atomic E-state index is 0.00153. The van der Waals surface area contributed by atoms with Crippen LogP contribution in [-0.2, 0) is 9.53 Å². The standard InChI is InChI=1S/C40H55IN4O8/c1-19(2)32(46)24(8)33(47)21(5)12-11-13-22(6)38(51)42-31-30-29(43-40(44-30)14-16-45(17-15-40)18-23(7)41)26-27(35(31)49)34(48)25(9)36-28(26)37(50)39(10,53-36)52-20(3)4/h11-13,19-21,23-24,32-33,44,46-48H,14-18H2,1-10H3,(H,42,51)/b12-11+,22-13-/t21-,23?,24-,32-,33-,39-/m0/s1. The second-order valence-corrected chi connectivity index (χ2v) is 18.0. The van der Waals surface area contributed by atoms with E-state index in [1.54, 1.807) is 45.9 Å². The first-order valence-electron chi connectivity index (χ1n) is 18.6. The lowest BCUT2D eigenvalue weighted by Crippen LogP contribution is -2.51. The van der Waals surface area contributed by atoms with Crippen molar-refractivity contribution in [3.8, 4) is 11.5 Å². The molecule has 1 spiro atoms. The molecule has 6 atom stereocenters. The molecule has 0 saturated carbocycles. The van der Waals surface area contributed by atoms with Crippen LogP contribution in [0, 0.1) is 24.7 Å². The summed E-state index contributed by atoms with van der Waals surface area (Å²) >= 11 is 2.41. The van der Waals surface area contributed by atoms with Crippen molar-refractivity contribution in [2.75, 3.05) is 19.6 Å². The summed E-state index contributed by atoms with van der Waals surface area (Å²) in [5.41, 5.74) is 0.406. The highest BCUT2D eigenvalue weighted by Crippen LogP contribution is 2.50. The number of phenols is 1. The highest BCUT2D eigenvalue weighted by Gasteiger charge is 2.54. The summed E-state index contributed by atoms with van der Waals surface area (Å²) in [4.78, 5) is 50.0. The minimum atomic E-state index is -1.68. The largest absolute Gasteiger partial charge is 0.507 e. The maximum atomic E-state index is 14.5. The number of benzene rings is 1. The van der Waals surface area contributed by atoms with Crippen LogP contribution in [0.4, 0.5) is 0 Å². The number of aliphatic imine (C=N–C) groups is 1. The van der Waals surface area contributed by atoms with E-state index in [1.807, 2.05) is 27.7 Å². The molecule has 1 saturated heterocycles. The zero-order valence-corrected chi connectivity index (χ0v) is 34.6. The lowest BCUT2D eigenvalue weighted by atomic mass is 9.82. The number of Topliss-reactive ketones (excluding diaryl/α,β-unsaturated/α-hetero) is 2. The van der Waals surface area contributed by atoms with Crippen molar-refractivity contribution in [3.05, 3.63) is 57.4 Å². The van der Waals surface area contributed by atoms with Gasteiger partial charge < -0.3 is 40.3 Å². The summed E-state index contributed by atoms with van der Waals surface area (Å²) in [6.45, 7) is 20.4. The van der Waals surface area contributed by atoms with Crippen LogP contribution in [0.2, 0.25) is 0 Å². The zero-order chi connectivity index (χ0) is 39.3. The smallest absolute Gasteiger partial charge is 0.272 e. The van der Waals surface area contributed by atoms with Gasteiger partial charge in [0.15, 0.2) is 0 Å². The van der Waals surface area contributed by atoms with E-state index < -0.39 is 41.1 Å². The third kappa shape index (κ3) is 7.87. The fraction of sp³-hybridized carbons (Fsp3) is 0.600. The summed E-state index contributed by atoms with van der Waals surface area (Å²) in [5.74, 6) is -4.23. The Balaban J connectivity index is 1.52. The molecule has 3 aliphatic heterocycles.